The molecular formula is C13H20N2O3. The van der Waals surface area contributed by atoms with Gasteiger partial charge in [-0.2, -0.15) is 0 Å². The van der Waals surface area contributed by atoms with Crippen molar-refractivity contribution in [2.24, 2.45) is 11.3 Å². The monoisotopic (exact) mass is 252 g/mol. The molecule has 100 valence electrons. The summed E-state index contributed by atoms with van der Waals surface area (Å²) in [5.41, 5.74) is -0.585. The van der Waals surface area contributed by atoms with E-state index in [2.05, 4.69) is 5.32 Å². The number of nitrogens with one attached hydrogen (secondary N) is 1. The number of hydrogen-bond donors (Lipinski definition) is 1. The maximum Gasteiger partial charge on any atom is 0.236 e. The molecule has 2 fully saturated rings. The molecule has 18 heavy (non-hydrogen) atoms. The molecule has 2 atom stereocenters. The van der Waals surface area contributed by atoms with Gasteiger partial charge in [-0.15, -0.1) is 0 Å². The van der Waals surface area contributed by atoms with Gasteiger partial charge in [-0.05, 0) is 19.3 Å². The summed E-state index contributed by atoms with van der Waals surface area (Å²) < 4.78 is 0. The van der Waals surface area contributed by atoms with Crippen LogP contribution in [0.25, 0.3) is 0 Å². The van der Waals surface area contributed by atoms with Crippen molar-refractivity contribution >= 4 is 17.7 Å². The summed E-state index contributed by atoms with van der Waals surface area (Å²) in [7, 11) is 0. The third kappa shape index (κ3) is 1.91. The van der Waals surface area contributed by atoms with Crippen LogP contribution in [0.1, 0.15) is 40.0 Å². The molecule has 2 aliphatic heterocycles. The molecule has 0 spiro atoms. The minimum Gasteiger partial charge on any atom is -0.354 e. The third-order valence-electron chi connectivity index (χ3n) is 4.37. The molecule has 5 heteroatoms. The normalized spacial score (nSPS) is 33.2. The highest BCUT2D eigenvalue weighted by Crippen LogP contribution is 2.40. The van der Waals surface area contributed by atoms with Gasteiger partial charge in [-0.3, -0.25) is 19.3 Å². The van der Waals surface area contributed by atoms with Gasteiger partial charge in [0.25, 0.3) is 0 Å². The van der Waals surface area contributed by atoms with Gasteiger partial charge in [0.2, 0.25) is 17.7 Å². The second-order valence-electron chi connectivity index (χ2n) is 5.81. The van der Waals surface area contributed by atoms with E-state index in [-0.39, 0.29) is 36.1 Å². The van der Waals surface area contributed by atoms with Crippen LogP contribution in [0.4, 0.5) is 0 Å². The van der Waals surface area contributed by atoms with Crippen LogP contribution in [-0.4, -0.2) is 35.2 Å². The Balaban J connectivity index is 2.17. The van der Waals surface area contributed by atoms with Crippen LogP contribution in [0.2, 0.25) is 0 Å². The van der Waals surface area contributed by atoms with Crippen LogP contribution in [0.5, 0.6) is 0 Å². The summed E-state index contributed by atoms with van der Waals surface area (Å²) in [5.74, 6) is -0.0462. The topological polar surface area (TPSA) is 66.5 Å². The van der Waals surface area contributed by atoms with E-state index >= 15 is 0 Å². The fraction of sp³-hybridized carbons (Fsp3) is 0.769. The highest BCUT2D eigenvalue weighted by atomic mass is 16.2. The summed E-state index contributed by atoms with van der Waals surface area (Å²) in [6.45, 7) is 6.19. The van der Waals surface area contributed by atoms with Crippen LogP contribution in [-0.2, 0) is 14.4 Å². The molecule has 0 aromatic heterocycles. The number of carbonyl (C=O) groups excluding carboxylic acids is 3. The minimum atomic E-state index is -0.585. The first-order chi connectivity index (χ1) is 8.36. The van der Waals surface area contributed by atoms with Crippen LogP contribution in [0.3, 0.4) is 0 Å². The average molecular weight is 252 g/mol. The Labute approximate surface area is 107 Å². The van der Waals surface area contributed by atoms with Crippen molar-refractivity contribution in [2.75, 3.05) is 6.54 Å². The Morgan fingerprint density at radius 3 is 2.44 bits per heavy atom. The Bertz CT molecular complexity index is 395. The van der Waals surface area contributed by atoms with Gasteiger partial charge in [0.1, 0.15) is 0 Å². The van der Waals surface area contributed by atoms with Gasteiger partial charge < -0.3 is 5.32 Å². The summed E-state index contributed by atoms with van der Waals surface area (Å²) in [5, 5.41) is 2.72. The molecule has 0 radical (unpaired) electrons. The highest BCUT2D eigenvalue weighted by Gasteiger charge is 2.52. The number of amides is 3. The van der Waals surface area contributed by atoms with Crippen LogP contribution in [0.15, 0.2) is 0 Å². The van der Waals surface area contributed by atoms with Gasteiger partial charge in [0.05, 0.1) is 11.5 Å². The fourth-order valence-electron chi connectivity index (χ4n) is 2.62. The lowest BCUT2D eigenvalue weighted by Crippen LogP contribution is -2.51. The Kier molecular flexibility index (Phi) is 3.17. The molecule has 2 unspecified atom stereocenters. The lowest BCUT2D eigenvalue weighted by molar-refractivity contribution is -0.146. The van der Waals surface area contributed by atoms with Gasteiger partial charge >= 0.3 is 0 Å². The van der Waals surface area contributed by atoms with Crippen molar-refractivity contribution in [1.82, 2.24) is 10.2 Å². The van der Waals surface area contributed by atoms with Crippen molar-refractivity contribution in [3.05, 3.63) is 0 Å². The number of likely N-dealkylation sites (tertiary alicyclic amines) is 1. The first kappa shape index (κ1) is 13.1. The van der Waals surface area contributed by atoms with E-state index in [9.17, 15) is 14.4 Å². The summed E-state index contributed by atoms with van der Waals surface area (Å²) in [6.07, 6.45) is 1.26. The molecule has 2 saturated heterocycles. The predicted octanol–water partition coefficient (Wildman–Crippen LogP) is 0.686. The molecule has 2 aliphatic rings. The smallest absolute Gasteiger partial charge is 0.236 e. The van der Waals surface area contributed by atoms with Crippen molar-refractivity contribution in [3.63, 3.8) is 0 Å². The number of rotatable bonds is 2. The number of piperidine rings is 1. The van der Waals surface area contributed by atoms with E-state index in [1.54, 1.807) is 0 Å². The molecule has 0 aliphatic carbocycles. The van der Waals surface area contributed by atoms with Gasteiger partial charge in [-0.1, -0.05) is 13.8 Å². The van der Waals surface area contributed by atoms with E-state index in [0.717, 1.165) is 0 Å². The molecule has 0 aromatic rings. The second kappa shape index (κ2) is 4.37. The SMILES string of the molecule is CC(C)C1(C)CC(=O)N(C2CCC(=O)NC2)C1=O. The van der Waals surface area contributed by atoms with Gasteiger partial charge in [-0.25, -0.2) is 0 Å². The summed E-state index contributed by atoms with van der Waals surface area (Å²) in [4.78, 5) is 37.0. The zero-order valence-corrected chi connectivity index (χ0v) is 11.2. The number of hydrogen-bond acceptors (Lipinski definition) is 3. The van der Waals surface area contributed by atoms with E-state index in [0.29, 0.717) is 19.4 Å². The lowest BCUT2D eigenvalue weighted by Gasteiger charge is -2.32. The van der Waals surface area contributed by atoms with Gasteiger partial charge in [0.15, 0.2) is 0 Å². The van der Waals surface area contributed by atoms with Gasteiger partial charge in [0, 0.05) is 19.4 Å². The second-order valence-corrected chi connectivity index (χ2v) is 5.81. The van der Waals surface area contributed by atoms with E-state index in [4.69, 9.17) is 0 Å². The quantitative estimate of drug-likeness (QED) is 0.735. The molecule has 2 heterocycles. The van der Waals surface area contributed by atoms with Crippen LogP contribution in [0, 0.1) is 11.3 Å². The minimum absolute atomic E-state index is 0.00281. The molecular weight excluding hydrogens is 232 g/mol. The van der Waals surface area contributed by atoms with Crippen molar-refractivity contribution in [2.45, 2.75) is 46.1 Å². The molecule has 0 bridgehead atoms. The molecule has 2 rings (SSSR count). The number of imide groups is 1. The first-order valence-electron chi connectivity index (χ1n) is 6.49. The fourth-order valence-corrected chi connectivity index (χ4v) is 2.62. The molecule has 1 N–H and O–H groups in total. The zero-order valence-electron chi connectivity index (χ0n) is 11.2. The lowest BCUT2D eigenvalue weighted by atomic mass is 9.78. The Morgan fingerprint density at radius 2 is 2.00 bits per heavy atom. The summed E-state index contributed by atoms with van der Waals surface area (Å²) in [6, 6.07) is -0.164. The largest absolute Gasteiger partial charge is 0.354 e. The van der Waals surface area contributed by atoms with E-state index < -0.39 is 5.41 Å². The predicted molar refractivity (Wildman–Crippen MR) is 65.4 cm³/mol. The molecule has 0 aromatic carbocycles. The maximum atomic E-state index is 12.5. The average Bonchev–Trinajstić information content (AvgIpc) is 2.53. The Hall–Kier alpha value is -1.39. The third-order valence-corrected chi connectivity index (χ3v) is 4.37. The van der Waals surface area contributed by atoms with Crippen LogP contribution < -0.4 is 5.32 Å². The van der Waals surface area contributed by atoms with Crippen molar-refractivity contribution in [3.8, 4) is 0 Å². The standard InChI is InChI=1S/C13H20N2O3/c1-8(2)13(3)6-11(17)15(12(13)18)9-4-5-10(16)14-7-9/h8-9H,4-7H2,1-3H3,(H,14,16). The summed E-state index contributed by atoms with van der Waals surface area (Å²) >= 11 is 0. The highest BCUT2D eigenvalue weighted by molar-refractivity contribution is 6.06. The molecule has 0 saturated carbocycles. The van der Waals surface area contributed by atoms with E-state index in [1.807, 2.05) is 20.8 Å². The number of nitrogens with zero attached hydrogens (tertiary/aromatic N) is 1. The first-order valence-corrected chi connectivity index (χ1v) is 6.49. The molecule has 3 amide bonds. The van der Waals surface area contributed by atoms with E-state index in [1.165, 1.54) is 4.90 Å². The molecule has 5 nitrogen and oxygen atoms in total. The Morgan fingerprint density at radius 1 is 1.33 bits per heavy atom. The zero-order chi connectivity index (χ0) is 13.5. The van der Waals surface area contributed by atoms with Crippen LogP contribution >= 0.6 is 0 Å². The van der Waals surface area contributed by atoms with Crippen molar-refractivity contribution < 1.29 is 14.4 Å². The number of carbonyl (C=O) groups is 3. The maximum absolute atomic E-state index is 12.5. The van der Waals surface area contributed by atoms with Crippen molar-refractivity contribution in [1.29, 1.82) is 0 Å².